The molecule has 6 heteroatoms. The minimum atomic E-state index is -4.60. The molecule has 96 valence electrons. The van der Waals surface area contributed by atoms with Gasteiger partial charge in [0.15, 0.2) is 0 Å². The van der Waals surface area contributed by atoms with Gasteiger partial charge in [-0.05, 0) is 32.1 Å². The lowest BCUT2D eigenvalue weighted by molar-refractivity contribution is 0.166. The second-order valence-corrected chi connectivity index (χ2v) is 4.47. The molecule has 1 atom stereocenters. The zero-order valence-electron chi connectivity index (χ0n) is 9.89. The molecule has 5 nitrogen and oxygen atoms in total. The van der Waals surface area contributed by atoms with Gasteiger partial charge in [-0.1, -0.05) is 12.2 Å². The summed E-state index contributed by atoms with van der Waals surface area (Å²) in [6.07, 6.45) is 4.91. The van der Waals surface area contributed by atoms with Crippen LogP contribution in [0.3, 0.4) is 0 Å². The summed E-state index contributed by atoms with van der Waals surface area (Å²) >= 11 is 0. The van der Waals surface area contributed by atoms with Crippen molar-refractivity contribution in [2.75, 3.05) is 0 Å². The van der Waals surface area contributed by atoms with Crippen LogP contribution in [0.4, 0.5) is 0 Å². The highest BCUT2D eigenvalue weighted by Crippen LogP contribution is 2.18. The van der Waals surface area contributed by atoms with Crippen LogP contribution in [0.15, 0.2) is 25.3 Å². The van der Waals surface area contributed by atoms with Crippen LogP contribution in [0.2, 0.25) is 0 Å². The predicted octanol–water partition coefficient (Wildman–Crippen LogP) is 2.39. The first kappa shape index (κ1) is 17.7. The van der Waals surface area contributed by atoms with Gasteiger partial charge in [0.05, 0.1) is 6.10 Å². The second-order valence-electron chi connectivity index (χ2n) is 3.47. The van der Waals surface area contributed by atoms with Crippen molar-refractivity contribution >= 4 is 10.4 Å². The van der Waals surface area contributed by atoms with Crippen LogP contribution in [0.1, 0.15) is 26.2 Å². The fraction of sp³-hybridized carbons (Fsp3) is 0.600. The molecule has 0 fully saturated rings. The average Bonchev–Trinajstić information content (AvgIpc) is 2.00. The summed E-state index contributed by atoms with van der Waals surface area (Å²) < 4.78 is 35.3. The molecule has 0 radical (unpaired) electrons. The Labute approximate surface area is 97.7 Å². The Morgan fingerprint density at radius 1 is 1.31 bits per heavy atom. The summed E-state index contributed by atoms with van der Waals surface area (Å²) in [5, 5.41) is 0. The Morgan fingerprint density at radius 3 is 2.06 bits per heavy atom. The SMILES string of the molecule is C=CCC(CC=C)CC(C)OS(=O)(=O)[O-].[NH4+]. The second kappa shape index (κ2) is 8.46. The zero-order chi connectivity index (χ0) is 11.9. The van der Waals surface area contributed by atoms with Crippen molar-refractivity contribution in [2.24, 2.45) is 5.92 Å². The van der Waals surface area contributed by atoms with Gasteiger partial charge in [-0.15, -0.1) is 13.2 Å². The first-order chi connectivity index (χ1) is 6.89. The number of rotatable bonds is 8. The van der Waals surface area contributed by atoms with Gasteiger partial charge in [0.25, 0.3) is 0 Å². The van der Waals surface area contributed by atoms with E-state index in [4.69, 9.17) is 0 Å². The topological polar surface area (TPSA) is 103 Å². The monoisotopic (exact) mass is 251 g/mol. The molecule has 0 aromatic carbocycles. The minimum absolute atomic E-state index is 0. The van der Waals surface area contributed by atoms with Crippen molar-refractivity contribution in [1.29, 1.82) is 0 Å². The van der Waals surface area contributed by atoms with Crippen molar-refractivity contribution in [3.63, 3.8) is 0 Å². The molecule has 1 unspecified atom stereocenters. The molecule has 0 saturated heterocycles. The van der Waals surface area contributed by atoms with Crippen LogP contribution in [-0.2, 0) is 14.6 Å². The molecule has 16 heavy (non-hydrogen) atoms. The van der Waals surface area contributed by atoms with E-state index in [-0.39, 0.29) is 12.1 Å². The summed E-state index contributed by atoms with van der Waals surface area (Å²) in [5.74, 6) is 0.219. The van der Waals surface area contributed by atoms with Gasteiger partial charge in [0, 0.05) is 0 Å². The molecule has 0 rings (SSSR count). The molecule has 0 bridgehead atoms. The molecular formula is C10H21NO4S. The molecule has 0 aliphatic rings. The Kier molecular flexibility index (Phi) is 9.36. The van der Waals surface area contributed by atoms with E-state index in [0.29, 0.717) is 6.42 Å². The van der Waals surface area contributed by atoms with Crippen molar-refractivity contribution in [1.82, 2.24) is 6.15 Å². The highest BCUT2D eigenvalue weighted by atomic mass is 32.3. The Balaban J connectivity index is 0. The summed E-state index contributed by atoms with van der Waals surface area (Å²) in [4.78, 5) is 0. The van der Waals surface area contributed by atoms with Gasteiger partial charge in [-0.25, -0.2) is 8.42 Å². The molecule has 0 spiro atoms. The number of hydrogen-bond donors (Lipinski definition) is 1. The summed E-state index contributed by atoms with van der Waals surface area (Å²) in [7, 11) is -4.60. The van der Waals surface area contributed by atoms with E-state index in [0.717, 1.165) is 12.8 Å². The standard InChI is InChI=1S/C10H18O4S.H3N/c1-4-6-10(7-5-2)8-9(3)14-15(11,12)13;/h4-5,9-10H,1-2,6-8H2,3H3,(H,11,12,13);1H3. The first-order valence-corrected chi connectivity index (χ1v) is 6.08. The summed E-state index contributed by atoms with van der Waals surface area (Å²) in [6, 6.07) is 0. The maximum absolute atomic E-state index is 10.3. The lowest BCUT2D eigenvalue weighted by Gasteiger charge is -2.20. The van der Waals surface area contributed by atoms with E-state index < -0.39 is 16.5 Å². The fourth-order valence-electron chi connectivity index (χ4n) is 1.47. The van der Waals surface area contributed by atoms with Crippen LogP contribution < -0.4 is 6.15 Å². The van der Waals surface area contributed by atoms with Crippen LogP contribution in [0.25, 0.3) is 0 Å². The lowest BCUT2D eigenvalue weighted by atomic mass is 9.95. The molecule has 0 amide bonds. The largest absolute Gasteiger partial charge is 0.726 e. The third-order valence-electron chi connectivity index (χ3n) is 1.95. The van der Waals surface area contributed by atoms with Gasteiger partial charge >= 0.3 is 0 Å². The van der Waals surface area contributed by atoms with E-state index >= 15 is 0 Å². The van der Waals surface area contributed by atoms with E-state index in [1.165, 1.54) is 0 Å². The van der Waals surface area contributed by atoms with Crippen molar-refractivity contribution in [2.45, 2.75) is 32.3 Å². The molecule has 4 N–H and O–H groups in total. The quantitative estimate of drug-likeness (QED) is 0.406. The molecule has 0 saturated carbocycles. The normalized spacial score (nSPS) is 12.9. The Morgan fingerprint density at radius 2 is 1.75 bits per heavy atom. The minimum Gasteiger partial charge on any atom is -0.726 e. The van der Waals surface area contributed by atoms with E-state index in [9.17, 15) is 13.0 Å². The van der Waals surface area contributed by atoms with E-state index in [1.807, 2.05) is 0 Å². The number of quaternary nitrogens is 1. The van der Waals surface area contributed by atoms with Crippen molar-refractivity contribution < 1.29 is 17.2 Å². The van der Waals surface area contributed by atoms with E-state index in [2.05, 4.69) is 17.3 Å². The van der Waals surface area contributed by atoms with Gasteiger partial charge in [-0.2, -0.15) is 0 Å². The fourth-order valence-corrected chi connectivity index (χ4v) is 1.95. The molecule has 0 aromatic heterocycles. The number of hydrogen-bond acceptors (Lipinski definition) is 4. The first-order valence-electron chi connectivity index (χ1n) is 4.75. The van der Waals surface area contributed by atoms with Crippen LogP contribution >= 0.6 is 0 Å². The third-order valence-corrected chi connectivity index (χ3v) is 2.51. The van der Waals surface area contributed by atoms with Crippen molar-refractivity contribution in [3.05, 3.63) is 25.3 Å². The van der Waals surface area contributed by atoms with Gasteiger partial charge in [0.1, 0.15) is 0 Å². The van der Waals surface area contributed by atoms with Gasteiger partial charge in [-0.3, -0.25) is 4.18 Å². The van der Waals surface area contributed by atoms with Crippen molar-refractivity contribution in [3.8, 4) is 0 Å². The Bertz CT molecular complexity index is 290. The van der Waals surface area contributed by atoms with Crippen LogP contribution in [0.5, 0.6) is 0 Å². The van der Waals surface area contributed by atoms with E-state index in [1.54, 1.807) is 19.1 Å². The predicted molar refractivity (Wildman–Crippen MR) is 64.0 cm³/mol. The van der Waals surface area contributed by atoms with Gasteiger partial charge < -0.3 is 10.7 Å². The molecular weight excluding hydrogens is 230 g/mol. The maximum atomic E-state index is 10.3. The maximum Gasteiger partial charge on any atom is 0.217 e. The zero-order valence-corrected chi connectivity index (χ0v) is 10.7. The Hall–Kier alpha value is -0.690. The third kappa shape index (κ3) is 9.85. The summed E-state index contributed by atoms with van der Waals surface area (Å²) in [6.45, 7) is 8.78. The highest BCUT2D eigenvalue weighted by Gasteiger charge is 2.13. The molecule has 0 aromatic rings. The highest BCUT2D eigenvalue weighted by molar-refractivity contribution is 7.80. The van der Waals surface area contributed by atoms with Crippen LogP contribution in [0, 0.1) is 5.92 Å². The molecule has 0 aliphatic carbocycles. The smallest absolute Gasteiger partial charge is 0.217 e. The van der Waals surface area contributed by atoms with Gasteiger partial charge in [0.2, 0.25) is 10.4 Å². The van der Waals surface area contributed by atoms with Crippen LogP contribution in [-0.4, -0.2) is 19.1 Å². The summed E-state index contributed by atoms with van der Waals surface area (Å²) in [5.41, 5.74) is 0. The number of allylic oxidation sites excluding steroid dienone is 2. The molecule has 0 heterocycles. The lowest BCUT2D eigenvalue weighted by Crippen LogP contribution is -2.18. The average molecular weight is 251 g/mol. The molecule has 0 aliphatic heterocycles.